The number of nitrogens with one attached hydrogen (secondary N) is 2. The second-order valence-corrected chi connectivity index (χ2v) is 10.1. The highest BCUT2D eigenvalue weighted by atomic mass is 19.1. The molecule has 0 saturated heterocycles. The molecule has 2 N–H and O–H groups in total. The van der Waals surface area contributed by atoms with Crippen molar-refractivity contribution in [3.05, 3.63) is 87.4 Å². The number of aromatic nitrogens is 5. The summed E-state index contributed by atoms with van der Waals surface area (Å²) in [5.41, 5.74) is 2.86. The smallest absolute Gasteiger partial charge is 0.315 e. The topological polar surface area (TPSA) is 153 Å². The predicted octanol–water partition coefficient (Wildman–Crippen LogP) is 5.26. The molecule has 1 amide bonds. The third kappa shape index (κ3) is 5.08. The molecule has 0 radical (unpaired) electrons. The maximum atomic E-state index is 15.1. The minimum absolute atomic E-state index is 0.0804. The lowest BCUT2D eigenvalue weighted by Crippen LogP contribution is -2.24. The molecule has 3 heterocycles. The van der Waals surface area contributed by atoms with Gasteiger partial charge in [-0.2, -0.15) is 4.98 Å². The largest absolute Gasteiger partial charge is 0.344 e. The molecule has 0 saturated carbocycles. The molecule has 0 aliphatic heterocycles. The SMILES string of the molecule is Cc1ccc(-c2nc3nccc(-c4ccc(CNC(=O)c5nc(C(C)(C)C)no5)c(F)c4)c3[nH]2)c([N+](=O)[O-])c1. The number of aryl methyl sites for hydroxylation is 1. The summed E-state index contributed by atoms with van der Waals surface area (Å²) in [5, 5.41) is 18.0. The zero-order valence-corrected chi connectivity index (χ0v) is 21.6. The van der Waals surface area contributed by atoms with Crippen LogP contribution in [0.1, 0.15) is 48.4 Å². The lowest BCUT2D eigenvalue weighted by molar-refractivity contribution is -0.384. The van der Waals surface area contributed by atoms with Gasteiger partial charge in [0.25, 0.3) is 5.69 Å². The number of hydrogen-bond donors (Lipinski definition) is 2. The number of imidazole rings is 1. The maximum Gasteiger partial charge on any atom is 0.315 e. The Hall–Kier alpha value is -5.00. The van der Waals surface area contributed by atoms with Gasteiger partial charge < -0.3 is 14.8 Å². The van der Waals surface area contributed by atoms with Crippen molar-refractivity contribution >= 4 is 22.8 Å². The summed E-state index contributed by atoms with van der Waals surface area (Å²) < 4.78 is 20.1. The van der Waals surface area contributed by atoms with Crippen molar-refractivity contribution in [1.82, 2.24) is 30.4 Å². The van der Waals surface area contributed by atoms with Gasteiger partial charge in [0.1, 0.15) is 11.6 Å². The Morgan fingerprint density at radius 3 is 2.62 bits per heavy atom. The van der Waals surface area contributed by atoms with E-state index in [1.807, 2.05) is 20.8 Å². The van der Waals surface area contributed by atoms with Crippen molar-refractivity contribution in [3.63, 3.8) is 0 Å². The first-order valence-corrected chi connectivity index (χ1v) is 12.0. The van der Waals surface area contributed by atoms with E-state index in [1.165, 1.54) is 18.3 Å². The number of H-pyrrole nitrogens is 1. The number of nitrogens with zero attached hydrogens (tertiary/aromatic N) is 5. The van der Waals surface area contributed by atoms with Gasteiger partial charge in [0.15, 0.2) is 11.5 Å². The maximum absolute atomic E-state index is 15.1. The molecule has 0 fully saturated rings. The van der Waals surface area contributed by atoms with Gasteiger partial charge in [-0.1, -0.05) is 44.1 Å². The predicted molar refractivity (Wildman–Crippen MR) is 140 cm³/mol. The number of amides is 1. The highest BCUT2D eigenvalue weighted by Gasteiger charge is 2.24. The van der Waals surface area contributed by atoms with E-state index in [1.54, 1.807) is 37.3 Å². The van der Waals surface area contributed by atoms with Gasteiger partial charge in [-0.15, -0.1) is 0 Å². The third-order valence-corrected chi connectivity index (χ3v) is 6.09. The van der Waals surface area contributed by atoms with Gasteiger partial charge in [0.05, 0.1) is 16.0 Å². The molecule has 198 valence electrons. The lowest BCUT2D eigenvalue weighted by Gasteiger charge is -2.10. The summed E-state index contributed by atoms with van der Waals surface area (Å²) in [5.74, 6) is -0.655. The molecular weight excluding hydrogens is 505 g/mol. The van der Waals surface area contributed by atoms with Crippen LogP contribution >= 0.6 is 0 Å². The standard InChI is InChI=1S/C27H24FN7O4/c1-14-5-8-18(20(11-14)35(37)38)22-31-21-17(9-10-29-23(21)32-22)15-6-7-16(19(28)12-15)13-30-24(36)25-33-26(34-39-25)27(2,3)4/h5-12H,13H2,1-4H3,(H,30,36)(H,29,31,32). The molecule has 0 atom stereocenters. The summed E-state index contributed by atoms with van der Waals surface area (Å²) >= 11 is 0. The number of halogens is 1. The molecule has 12 heteroatoms. The number of aromatic amines is 1. The molecule has 0 aliphatic rings. The van der Waals surface area contributed by atoms with Crippen LogP contribution in [0.15, 0.2) is 53.2 Å². The molecular formula is C27H24FN7O4. The van der Waals surface area contributed by atoms with Crippen LogP contribution in [0.25, 0.3) is 33.7 Å². The van der Waals surface area contributed by atoms with Crippen molar-refractivity contribution in [2.75, 3.05) is 0 Å². The summed E-state index contributed by atoms with van der Waals surface area (Å²) in [6.07, 6.45) is 1.54. The number of rotatable bonds is 6. The first kappa shape index (κ1) is 25.6. The van der Waals surface area contributed by atoms with Gasteiger partial charge in [0.2, 0.25) is 0 Å². The van der Waals surface area contributed by atoms with Crippen LogP contribution in [-0.2, 0) is 12.0 Å². The molecule has 2 aromatic carbocycles. The zero-order chi connectivity index (χ0) is 27.9. The van der Waals surface area contributed by atoms with Crippen molar-refractivity contribution in [1.29, 1.82) is 0 Å². The fourth-order valence-corrected chi connectivity index (χ4v) is 4.00. The zero-order valence-electron chi connectivity index (χ0n) is 21.6. The number of pyridine rings is 1. The molecule has 0 bridgehead atoms. The molecule has 0 spiro atoms. The Labute approximate surface area is 221 Å². The first-order valence-electron chi connectivity index (χ1n) is 12.0. The Morgan fingerprint density at radius 1 is 1.13 bits per heavy atom. The minimum Gasteiger partial charge on any atom is -0.344 e. The van der Waals surface area contributed by atoms with Gasteiger partial charge >= 0.3 is 11.8 Å². The van der Waals surface area contributed by atoms with E-state index in [0.717, 1.165) is 5.56 Å². The van der Waals surface area contributed by atoms with Gasteiger partial charge in [0, 0.05) is 35.3 Å². The van der Waals surface area contributed by atoms with Gasteiger partial charge in [-0.05, 0) is 36.2 Å². The van der Waals surface area contributed by atoms with Crippen LogP contribution < -0.4 is 5.32 Å². The number of nitro groups is 1. The Balaban J connectivity index is 1.40. The number of benzene rings is 2. The van der Waals surface area contributed by atoms with Crippen LogP contribution in [0.3, 0.4) is 0 Å². The third-order valence-electron chi connectivity index (χ3n) is 6.09. The van der Waals surface area contributed by atoms with Crippen molar-refractivity contribution in [2.24, 2.45) is 0 Å². The first-order chi connectivity index (χ1) is 18.5. The van der Waals surface area contributed by atoms with Crippen LogP contribution in [0.2, 0.25) is 0 Å². The van der Waals surface area contributed by atoms with Crippen molar-refractivity contribution in [2.45, 2.75) is 39.7 Å². The van der Waals surface area contributed by atoms with E-state index in [2.05, 4.69) is 30.4 Å². The molecule has 0 aliphatic carbocycles. The highest BCUT2D eigenvalue weighted by Crippen LogP contribution is 2.33. The normalized spacial score (nSPS) is 11.6. The summed E-state index contributed by atoms with van der Waals surface area (Å²) in [6, 6.07) is 11.2. The van der Waals surface area contributed by atoms with Crippen molar-refractivity contribution < 1.29 is 18.6 Å². The molecule has 0 unspecified atom stereocenters. The second-order valence-electron chi connectivity index (χ2n) is 10.1. The average molecular weight is 530 g/mol. The highest BCUT2D eigenvalue weighted by molar-refractivity contribution is 5.92. The minimum atomic E-state index is -0.604. The van der Waals surface area contributed by atoms with Crippen LogP contribution in [-0.4, -0.2) is 35.9 Å². The lowest BCUT2D eigenvalue weighted by atomic mass is 9.96. The monoisotopic (exact) mass is 529 g/mol. The summed E-state index contributed by atoms with van der Waals surface area (Å²) in [4.78, 5) is 39.5. The fourth-order valence-electron chi connectivity index (χ4n) is 4.00. The van der Waals surface area contributed by atoms with Gasteiger partial charge in [-0.3, -0.25) is 14.9 Å². The number of hydrogen-bond acceptors (Lipinski definition) is 8. The van der Waals surface area contributed by atoms with E-state index in [-0.39, 0.29) is 34.9 Å². The van der Waals surface area contributed by atoms with E-state index in [0.29, 0.717) is 33.7 Å². The fraction of sp³-hybridized carbons (Fsp3) is 0.222. The van der Waals surface area contributed by atoms with E-state index in [9.17, 15) is 14.9 Å². The molecule has 5 rings (SSSR count). The molecule has 39 heavy (non-hydrogen) atoms. The number of fused-ring (bicyclic) bond motifs is 1. The number of nitro benzene ring substituents is 1. The quantitative estimate of drug-likeness (QED) is 0.223. The second kappa shape index (κ2) is 9.71. The summed E-state index contributed by atoms with van der Waals surface area (Å²) in [6.45, 7) is 7.36. The summed E-state index contributed by atoms with van der Waals surface area (Å²) in [7, 11) is 0. The Bertz CT molecular complexity index is 1740. The van der Waals surface area contributed by atoms with E-state index < -0.39 is 16.6 Å². The van der Waals surface area contributed by atoms with E-state index >= 15 is 4.39 Å². The van der Waals surface area contributed by atoms with Crippen molar-refractivity contribution in [3.8, 4) is 22.5 Å². The molecule has 3 aromatic heterocycles. The molecule has 11 nitrogen and oxygen atoms in total. The number of carbonyl (C=O) groups is 1. The van der Waals surface area contributed by atoms with E-state index in [4.69, 9.17) is 4.52 Å². The molecule has 5 aromatic rings. The Morgan fingerprint density at radius 2 is 1.92 bits per heavy atom. The van der Waals surface area contributed by atoms with Crippen LogP contribution in [0, 0.1) is 22.9 Å². The van der Waals surface area contributed by atoms with Gasteiger partial charge in [-0.25, -0.2) is 14.4 Å². The Kier molecular flexibility index (Phi) is 6.38. The number of carbonyl (C=O) groups excluding carboxylic acids is 1. The van der Waals surface area contributed by atoms with Crippen LogP contribution in [0.4, 0.5) is 10.1 Å². The average Bonchev–Trinajstić information content (AvgIpc) is 3.55. The van der Waals surface area contributed by atoms with Crippen LogP contribution in [0.5, 0.6) is 0 Å².